The lowest BCUT2D eigenvalue weighted by molar-refractivity contribution is 0.0946. The van der Waals surface area contributed by atoms with Crippen LogP contribution in [0.3, 0.4) is 0 Å². The number of rotatable bonds is 5. The van der Waals surface area contributed by atoms with Gasteiger partial charge >= 0.3 is 0 Å². The van der Waals surface area contributed by atoms with Gasteiger partial charge in [-0.15, -0.1) is 11.3 Å². The van der Waals surface area contributed by atoms with Crippen molar-refractivity contribution in [2.75, 3.05) is 0 Å². The van der Waals surface area contributed by atoms with E-state index in [0.29, 0.717) is 16.8 Å². The summed E-state index contributed by atoms with van der Waals surface area (Å²) < 4.78 is 0. The van der Waals surface area contributed by atoms with Gasteiger partial charge in [-0.05, 0) is 18.1 Å². The average Bonchev–Trinajstić information content (AvgIpc) is 3.24. The molecule has 140 valence electrons. The molecule has 4 aromatic rings. The first kappa shape index (κ1) is 18.1. The van der Waals surface area contributed by atoms with Gasteiger partial charge in [0.2, 0.25) is 0 Å². The molecule has 0 bridgehead atoms. The molecule has 4 rings (SSSR count). The lowest BCUT2D eigenvalue weighted by Crippen LogP contribution is -2.25. The monoisotopic (exact) mass is 390 g/mol. The Bertz CT molecular complexity index is 1190. The Hall–Kier alpha value is -3.32. The highest BCUT2D eigenvalue weighted by Crippen LogP contribution is 2.24. The fourth-order valence-electron chi connectivity index (χ4n) is 2.95. The zero-order valence-corrected chi connectivity index (χ0v) is 16.0. The van der Waals surface area contributed by atoms with Crippen molar-refractivity contribution in [2.24, 2.45) is 0 Å². The molecule has 0 unspecified atom stereocenters. The van der Waals surface area contributed by atoms with E-state index >= 15 is 0 Å². The summed E-state index contributed by atoms with van der Waals surface area (Å²) in [4.78, 5) is 28.8. The summed E-state index contributed by atoms with van der Waals surface area (Å²) in [5.74, 6) is -0.273. The highest BCUT2D eigenvalue weighted by molar-refractivity contribution is 7.13. The first-order valence-electron chi connectivity index (χ1n) is 8.95. The Morgan fingerprint density at radius 1 is 1.11 bits per heavy atom. The summed E-state index contributed by atoms with van der Waals surface area (Å²) in [6, 6.07) is 15.4. The number of carbonyl (C=O) groups excluding carboxylic acids is 1. The van der Waals surface area contributed by atoms with Crippen molar-refractivity contribution in [1.29, 1.82) is 0 Å². The Kier molecular flexibility index (Phi) is 4.99. The van der Waals surface area contributed by atoms with E-state index in [2.05, 4.69) is 39.6 Å². The van der Waals surface area contributed by atoms with Crippen LogP contribution in [0.25, 0.3) is 21.3 Å². The number of hydrogen-bond donors (Lipinski definition) is 2. The highest BCUT2D eigenvalue weighted by Gasteiger charge is 2.13. The molecule has 0 saturated heterocycles. The zero-order valence-electron chi connectivity index (χ0n) is 15.2. The number of hydrogen-bond acceptors (Lipinski definition) is 5. The topological polar surface area (TPSA) is 87.7 Å². The van der Waals surface area contributed by atoms with E-state index in [1.807, 2.05) is 24.3 Å². The van der Waals surface area contributed by atoms with Crippen LogP contribution in [-0.2, 0) is 13.0 Å². The molecule has 2 heterocycles. The Labute approximate surface area is 165 Å². The molecule has 2 aromatic carbocycles. The van der Waals surface area contributed by atoms with Crippen LogP contribution in [0.5, 0.6) is 0 Å². The van der Waals surface area contributed by atoms with Crippen LogP contribution < -0.4 is 10.9 Å². The molecule has 0 atom stereocenters. The van der Waals surface area contributed by atoms with Gasteiger partial charge < -0.3 is 5.32 Å². The Balaban J connectivity index is 1.50. The molecular formula is C21H18N4O2S. The second-order valence-corrected chi connectivity index (χ2v) is 7.17. The third-order valence-electron chi connectivity index (χ3n) is 4.54. The molecule has 0 spiro atoms. The SMILES string of the molecule is CCc1ccc(-c2nc(C(=O)NCc3n[nH]c(=O)c4ccccc34)cs2)cc1. The number of fused-ring (bicyclic) bond motifs is 1. The normalized spacial score (nSPS) is 10.9. The quantitative estimate of drug-likeness (QED) is 0.546. The number of benzene rings is 2. The summed E-state index contributed by atoms with van der Waals surface area (Å²) in [6.45, 7) is 2.31. The number of aromatic nitrogens is 3. The van der Waals surface area contributed by atoms with Gasteiger partial charge in [0, 0.05) is 16.3 Å². The van der Waals surface area contributed by atoms with Crippen molar-refractivity contribution >= 4 is 28.0 Å². The summed E-state index contributed by atoms with van der Waals surface area (Å²) >= 11 is 1.44. The van der Waals surface area contributed by atoms with Gasteiger partial charge in [0.15, 0.2) is 0 Å². The molecule has 0 saturated carbocycles. The maximum absolute atomic E-state index is 12.5. The van der Waals surface area contributed by atoms with Gasteiger partial charge in [0.25, 0.3) is 11.5 Å². The van der Waals surface area contributed by atoms with Crippen molar-refractivity contribution in [2.45, 2.75) is 19.9 Å². The largest absolute Gasteiger partial charge is 0.345 e. The number of H-pyrrole nitrogens is 1. The molecule has 1 amide bonds. The van der Waals surface area contributed by atoms with E-state index in [1.165, 1.54) is 16.9 Å². The number of thiazole rings is 1. The minimum absolute atomic E-state index is 0.203. The fraction of sp³-hybridized carbons (Fsp3) is 0.143. The molecule has 6 nitrogen and oxygen atoms in total. The van der Waals surface area contributed by atoms with Crippen LogP contribution in [0.15, 0.2) is 58.7 Å². The van der Waals surface area contributed by atoms with E-state index in [4.69, 9.17) is 0 Å². The van der Waals surface area contributed by atoms with Crippen LogP contribution >= 0.6 is 11.3 Å². The molecule has 0 aliphatic carbocycles. The van der Waals surface area contributed by atoms with Gasteiger partial charge in [-0.1, -0.05) is 49.4 Å². The predicted molar refractivity (Wildman–Crippen MR) is 110 cm³/mol. The van der Waals surface area contributed by atoms with E-state index in [0.717, 1.165) is 22.4 Å². The second-order valence-electron chi connectivity index (χ2n) is 6.32. The molecule has 0 fully saturated rings. The molecule has 2 N–H and O–H groups in total. The first-order chi connectivity index (χ1) is 13.7. The molecule has 28 heavy (non-hydrogen) atoms. The van der Waals surface area contributed by atoms with Crippen LogP contribution in [0, 0.1) is 0 Å². The van der Waals surface area contributed by atoms with Gasteiger partial charge in [-0.2, -0.15) is 5.10 Å². The molecule has 2 aromatic heterocycles. The van der Waals surface area contributed by atoms with Gasteiger partial charge in [-0.25, -0.2) is 10.1 Å². The molecule has 0 radical (unpaired) electrons. The molecule has 0 aliphatic heterocycles. The lowest BCUT2D eigenvalue weighted by atomic mass is 10.1. The predicted octanol–water partition coefficient (Wildman–Crippen LogP) is 3.54. The fourth-order valence-corrected chi connectivity index (χ4v) is 3.76. The maximum Gasteiger partial charge on any atom is 0.272 e. The number of nitrogens with one attached hydrogen (secondary N) is 2. The number of aryl methyl sites for hydroxylation is 1. The summed E-state index contributed by atoms with van der Waals surface area (Å²) in [6.07, 6.45) is 0.985. The van der Waals surface area contributed by atoms with Crippen molar-refractivity contribution in [3.05, 3.63) is 81.2 Å². The van der Waals surface area contributed by atoms with E-state index in [1.54, 1.807) is 17.5 Å². The zero-order chi connectivity index (χ0) is 19.5. The van der Waals surface area contributed by atoms with Crippen LogP contribution in [-0.4, -0.2) is 21.1 Å². The summed E-state index contributed by atoms with van der Waals surface area (Å²) in [5.41, 5.74) is 2.99. The lowest BCUT2D eigenvalue weighted by Gasteiger charge is -2.06. The minimum Gasteiger partial charge on any atom is -0.345 e. The van der Waals surface area contributed by atoms with Gasteiger partial charge in [0.1, 0.15) is 10.7 Å². The van der Waals surface area contributed by atoms with E-state index < -0.39 is 0 Å². The summed E-state index contributed by atoms with van der Waals surface area (Å²) in [5, 5.41) is 13.2. The maximum atomic E-state index is 12.5. The smallest absolute Gasteiger partial charge is 0.272 e. The average molecular weight is 390 g/mol. The van der Waals surface area contributed by atoms with Crippen LogP contribution in [0.1, 0.15) is 28.7 Å². The van der Waals surface area contributed by atoms with Crippen LogP contribution in [0.4, 0.5) is 0 Å². The number of aromatic amines is 1. The third-order valence-corrected chi connectivity index (χ3v) is 5.43. The van der Waals surface area contributed by atoms with E-state index in [-0.39, 0.29) is 18.0 Å². The molecular weight excluding hydrogens is 372 g/mol. The van der Waals surface area contributed by atoms with Gasteiger partial charge in [-0.3, -0.25) is 9.59 Å². The Morgan fingerprint density at radius 3 is 2.61 bits per heavy atom. The third kappa shape index (κ3) is 3.57. The molecule has 7 heteroatoms. The Morgan fingerprint density at radius 2 is 1.86 bits per heavy atom. The second kappa shape index (κ2) is 7.74. The van der Waals surface area contributed by atoms with Gasteiger partial charge in [0.05, 0.1) is 17.6 Å². The van der Waals surface area contributed by atoms with E-state index in [9.17, 15) is 9.59 Å². The first-order valence-corrected chi connectivity index (χ1v) is 9.83. The molecule has 0 aliphatic rings. The number of carbonyl (C=O) groups is 1. The van der Waals surface area contributed by atoms with Crippen molar-refractivity contribution in [3.63, 3.8) is 0 Å². The number of nitrogens with zero attached hydrogens (tertiary/aromatic N) is 2. The van der Waals surface area contributed by atoms with Crippen LogP contribution in [0.2, 0.25) is 0 Å². The highest BCUT2D eigenvalue weighted by atomic mass is 32.1. The van der Waals surface area contributed by atoms with Crippen molar-refractivity contribution in [1.82, 2.24) is 20.5 Å². The van der Waals surface area contributed by atoms with Crippen molar-refractivity contribution < 1.29 is 4.79 Å². The standard InChI is InChI=1S/C21H18N4O2S/c1-2-13-7-9-14(10-8-13)21-23-18(12-28-21)20(27)22-11-17-15-5-3-4-6-16(15)19(26)25-24-17/h3-10,12H,2,11H2,1H3,(H,22,27)(H,25,26). The van der Waals surface area contributed by atoms with Crippen molar-refractivity contribution in [3.8, 4) is 10.6 Å². The minimum atomic E-state index is -0.273. The number of amides is 1. The summed E-state index contributed by atoms with van der Waals surface area (Å²) in [7, 11) is 0.